The molecule has 11 heavy (non-hydrogen) atoms. The third-order valence-corrected chi connectivity index (χ3v) is 2.86. The Morgan fingerprint density at radius 2 is 2.18 bits per heavy atom. The van der Waals surface area contributed by atoms with Gasteiger partial charge in [0.15, 0.2) is 15.7 Å². The molecule has 1 aromatic rings. The largest absolute Gasteiger partial charge is 0.228 e. The van der Waals surface area contributed by atoms with Crippen molar-refractivity contribution < 1.29 is 8.42 Å². The fourth-order valence-corrected chi connectivity index (χ4v) is 1.02. The monoisotopic (exact) mass is 176 g/mol. The molecule has 0 spiro atoms. The van der Waals surface area contributed by atoms with Crippen molar-refractivity contribution in [1.29, 1.82) is 0 Å². The Balaban J connectivity index is 2.97. The second kappa shape index (κ2) is 2.57. The van der Waals surface area contributed by atoms with Gasteiger partial charge in [0.1, 0.15) is 5.25 Å². The molecule has 0 saturated carbocycles. The zero-order valence-electron chi connectivity index (χ0n) is 6.14. The van der Waals surface area contributed by atoms with Crippen LogP contribution >= 0.6 is 0 Å². The van der Waals surface area contributed by atoms with Gasteiger partial charge in [0.25, 0.3) is 0 Å². The van der Waals surface area contributed by atoms with Gasteiger partial charge >= 0.3 is 0 Å². The maximum Gasteiger partial charge on any atom is 0.192 e. The Hall–Kier alpha value is -0.980. The molecule has 1 aromatic heterocycles. The summed E-state index contributed by atoms with van der Waals surface area (Å²) in [6.07, 6.45) is 1.13. The van der Waals surface area contributed by atoms with Crippen LogP contribution in [0, 0.1) is 0 Å². The van der Waals surface area contributed by atoms with Gasteiger partial charge in [-0.15, -0.1) is 10.2 Å². The summed E-state index contributed by atoms with van der Waals surface area (Å²) in [4.78, 5) is 0. The second-order valence-electron chi connectivity index (χ2n) is 2.24. The highest BCUT2D eigenvalue weighted by Gasteiger charge is 2.20. The lowest BCUT2D eigenvalue weighted by atomic mass is 10.5. The van der Waals surface area contributed by atoms with Crippen LogP contribution in [0.1, 0.15) is 18.0 Å². The van der Waals surface area contributed by atoms with E-state index in [0.29, 0.717) is 0 Å². The van der Waals surface area contributed by atoms with Gasteiger partial charge < -0.3 is 0 Å². The Labute approximate surface area is 63.9 Å². The second-order valence-corrected chi connectivity index (χ2v) is 4.61. The summed E-state index contributed by atoms with van der Waals surface area (Å²) in [6.45, 7) is 1.51. The van der Waals surface area contributed by atoms with E-state index in [0.717, 1.165) is 6.26 Å². The summed E-state index contributed by atoms with van der Waals surface area (Å²) in [5.74, 6) is 0.201. The molecule has 0 aromatic carbocycles. The Morgan fingerprint density at radius 3 is 2.55 bits per heavy atom. The number of hydrogen-bond donors (Lipinski definition) is 1. The smallest absolute Gasteiger partial charge is 0.192 e. The summed E-state index contributed by atoms with van der Waals surface area (Å²) in [5, 5.41) is 11.9. The molecule has 7 heteroatoms. The van der Waals surface area contributed by atoms with Crippen molar-refractivity contribution in [3.63, 3.8) is 0 Å². The summed E-state index contributed by atoms with van der Waals surface area (Å²) >= 11 is 0. The average Bonchev–Trinajstić information content (AvgIpc) is 2.34. The quantitative estimate of drug-likeness (QED) is 0.644. The molecule has 0 bridgehead atoms. The lowest BCUT2D eigenvalue weighted by Crippen LogP contribution is -2.09. The van der Waals surface area contributed by atoms with Crippen molar-refractivity contribution in [3.8, 4) is 0 Å². The summed E-state index contributed by atoms with van der Waals surface area (Å²) in [5.41, 5.74) is 0. The fourth-order valence-electron chi connectivity index (χ4n) is 0.533. The van der Waals surface area contributed by atoms with Crippen molar-refractivity contribution in [2.75, 3.05) is 6.26 Å². The molecule has 0 aliphatic heterocycles. The molecule has 1 rings (SSSR count). The van der Waals surface area contributed by atoms with Gasteiger partial charge in [-0.25, -0.2) is 8.42 Å². The first-order chi connectivity index (χ1) is 5.02. The van der Waals surface area contributed by atoms with E-state index in [4.69, 9.17) is 0 Å². The lowest BCUT2D eigenvalue weighted by Gasteiger charge is -2.01. The fraction of sp³-hybridized carbons (Fsp3) is 0.750. The van der Waals surface area contributed by atoms with Gasteiger partial charge in [-0.3, -0.25) is 0 Å². The Bertz CT molecular complexity index is 316. The Kier molecular flexibility index (Phi) is 1.90. The first-order valence-corrected chi connectivity index (χ1v) is 4.89. The molecule has 0 aliphatic carbocycles. The number of nitrogens with one attached hydrogen (secondary N) is 1. The molecule has 0 saturated heterocycles. The van der Waals surface area contributed by atoms with Crippen LogP contribution in [-0.4, -0.2) is 35.3 Å². The average molecular weight is 176 g/mol. The van der Waals surface area contributed by atoms with Gasteiger partial charge in [0.2, 0.25) is 0 Å². The molecule has 0 fully saturated rings. The van der Waals surface area contributed by atoms with Crippen LogP contribution in [0.3, 0.4) is 0 Å². The molecule has 1 unspecified atom stereocenters. The molecule has 1 N–H and O–H groups in total. The van der Waals surface area contributed by atoms with E-state index < -0.39 is 15.1 Å². The van der Waals surface area contributed by atoms with Gasteiger partial charge in [-0.1, -0.05) is 5.21 Å². The first kappa shape index (κ1) is 8.12. The highest BCUT2D eigenvalue weighted by Crippen LogP contribution is 2.14. The molecule has 62 valence electrons. The van der Waals surface area contributed by atoms with Crippen molar-refractivity contribution in [2.24, 2.45) is 0 Å². The van der Waals surface area contributed by atoms with Gasteiger partial charge in [-0.2, -0.15) is 5.21 Å². The summed E-state index contributed by atoms with van der Waals surface area (Å²) in [7, 11) is -3.11. The normalized spacial score (nSPS) is 14.7. The van der Waals surface area contributed by atoms with E-state index in [2.05, 4.69) is 20.6 Å². The summed E-state index contributed by atoms with van der Waals surface area (Å²) < 4.78 is 21.8. The number of nitrogens with zero attached hydrogens (tertiary/aromatic N) is 3. The highest BCUT2D eigenvalue weighted by atomic mass is 32.2. The van der Waals surface area contributed by atoms with Crippen LogP contribution in [0.2, 0.25) is 0 Å². The topological polar surface area (TPSA) is 88.6 Å². The van der Waals surface area contributed by atoms with Gasteiger partial charge in [0.05, 0.1) is 0 Å². The summed E-state index contributed by atoms with van der Waals surface area (Å²) in [6, 6.07) is 0. The zero-order valence-corrected chi connectivity index (χ0v) is 6.96. The lowest BCUT2D eigenvalue weighted by molar-refractivity contribution is 0.589. The number of H-pyrrole nitrogens is 1. The third kappa shape index (κ3) is 1.73. The first-order valence-electron chi connectivity index (χ1n) is 2.94. The molecular formula is C4H8N4O2S. The maximum absolute atomic E-state index is 10.9. The predicted molar refractivity (Wildman–Crippen MR) is 37.4 cm³/mol. The number of sulfone groups is 1. The van der Waals surface area contributed by atoms with Crippen LogP contribution in [0.4, 0.5) is 0 Å². The van der Waals surface area contributed by atoms with Crippen molar-refractivity contribution in [1.82, 2.24) is 20.6 Å². The van der Waals surface area contributed by atoms with Crippen LogP contribution < -0.4 is 0 Å². The SMILES string of the molecule is CC(c1nn[nH]n1)S(C)(=O)=O. The molecule has 0 amide bonds. The van der Waals surface area contributed by atoms with E-state index in [1.807, 2.05) is 0 Å². The van der Waals surface area contributed by atoms with Crippen molar-refractivity contribution in [2.45, 2.75) is 12.2 Å². The Morgan fingerprint density at radius 1 is 1.55 bits per heavy atom. The molecule has 6 nitrogen and oxygen atoms in total. The minimum atomic E-state index is -3.11. The van der Waals surface area contributed by atoms with Crippen LogP contribution in [-0.2, 0) is 9.84 Å². The van der Waals surface area contributed by atoms with Crippen LogP contribution in [0.25, 0.3) is 0 Å². The van der Waals surface area contributed by atoms with Crippen molar-refractivity contribution >= 4 is 9.84 Å². The number of aromatic amines is 1. The van der Waals surface area contributed by atoms with Gasteiger partial charge in [0, 0.05) is 6.26 Å². The molecule has 0 radical (unpaired) electrons. The van der Waals surface area contributed by atoms with E-state index >= 15 is 0 Å². The zero-order chi connectivity index (χ0) is 8.48. The number of tetrazole rings is 1. The third-order valence-electron chi connectivity index (χ3n) is 1.37. The van der Waals surface area contributed by atoms with E-state index in [-0.39, 0.29) is 5.82 Å². The van der Waals surface area contributed by atoms with E-state index in [1.165, 1.54) is 6.92 Å². The predicted octanol–water partition coefficient (Wildman–Crippen LogP) is -0.695. The standard InChI is InChI=1S/C4H8N4O2S/c1-3(11(2,9)10)4-5-7-8-6-4/h3H,1-2H3,(H,5,6,7,8). The highest BCUT2D eigenvalue weighted by molar-refractivity contribution is 7.90. The number of aromatic nitrogens is 4. The van der Waals surface area contributed by atoms with Crippen LogP contribution in [0.15, 0.2) is 0 Å². The maximum atomic E-state index is 10.9. The molecule has 1 atom stereocenters. The number of hydrogen-bond acceptors (Lipinski definition) is 5. The molecule has 1 heterocycles. The van der Waals surface area contributed by atoms with Crippen LogP contribution in [0.5, 0.6) is 0 Å². The minimum absolute atomic E-state index is 0.201. The minimum Gasteiger partial charge on any atom is -0.228 e. The molecule has 0 aliphatic rings. The molecular weight excluding hydrogens is 168 g/mol. The van der Waals surface area contributed by atoms with Gasteiger partial charge in [-0.05, 0) is 6.92 Å². The van der Waals surface area contributed by atoms with E-state index in [1.54, 1.807) is 0 Å². The van der Waals surface area contributed by atoms with Crippen molar-refractivity contribution in [3.05, 3.63) is 5.82 Å². The number of rotatable bonds is 2. The van der Waals surface area contributed by atoms with E-state index in [9.17, 15) is 8.42 Å².